The number of hydrogen-bond donors (Lipinski definition) is 0. The summed E-state index contributed by atoms with van der Waals surface area (Å²) in [7, 11) is 0. The molecular formula is C15H28O3Sn. The number of carbonyl (C=O) groups excluding carboxylic acids is 3. The summed E-state index contributed by atoms with van der Waals surface area (Å²) in [5.74, 6) is -0.787. The molecule has 0 amide bonds. The van der Waals surface area contributed by atoms with Crippen LogP contribution in [-0.2, 0) is 14.4 Å². The van der Waals surface area contributed by atoms with E-state index >= 15 is 0 Å². The van der Waals surface area contributed by atoms with Gasteiger partial charge in [-0.3, -0.25) is 14.4 Å². The first-order valence-electron chi connectivity index (χ1n) is 6.94. The van der Waals surface area contributed by atoms with E-state index in [2.05, 4.69) is 13.8 Å². The van der Waals surface area contributed by atoms with Crippen LogP contribution >= 0.6 is 0 Å². The van der Waals surface area contributed by atoms with Crippen molar-refractivity contribution in [2.75, 3.05) is 0 Å². The van der Waals surface area contributed by atoms with Gasteiger partial charge in [-0.1, -0.05) is 39.5 Å². The van der Waals surface area contributed by atoms with Gasteiger partial charge in [-0.15, -0.1) is 0 Å². The Bertz CT molecular complexity index is 303. The summed E-state index contributed by atoms with van der Waals surface area (Å²) in [6.07, 6.45) is 5.38. The molecule has 19 heavy (non-hydrogen) atoms. The molecule has 0 aromatic carbocycles. The van der Waals surface area contributed by atoms with E-state index in [0.29, 0.717) is 0 Å². The summed E-state index contributed by atoms with van der Waals surface area (Å²) in [5, 5.41) is 0. The summed E-state index contributed by atoms with van der Waals surface area (Å²) >= 11 is 0. The van der Waals surface area contributed by atoms with Crippen LogP contribution < -0.4 is 0 Å². The Hall–Kier alpha value is -0.191. The Labute approximate surface area is 133 Å². The molecule has 0 bridgehead atoms. The quantitative estimate of drug-likeness (QED) is 0.436. The van der Waals surface area contributed by atoms with Gasteiger partial charge in [-0.05, 0) is 19.8 Å². The van der Waals surface area contributed by atoms with E-state index in [-0.39, 0.29) is 36.1 Å². The molecule has 0 atom stereocenters. The van der Waals surface area contributed by atoms with E-state index in [0.717, 1.165) is 38.5 Å². The Balaban J connectivity index is 0. The molecule has 0 unspecified atom stereocenters. The van der Waals surface area contributed by atoms with Crippen molar-refractivity contribution in [1.29, 1.82) is 0 Å². The number of rotatable bonds is 10. The minimum absolute atomic E-state index is 0. The van der Waals surface area contributed by atoms with Crippen LogP contribution in [0.2, 0.25) is 0 Å². The number of Topliss-reactive ketones (excluding diaryl/α,β-unsaturated/α-hetero) is 3. The van der Waals surface area contributed by atoms with Gasteiger partial charge in [0.15, 0.2) is 11.6 Å². The number of carbonyl (C=O) groups is 3. The summed E-state index contributed by atoms with van der Waals surface area (Å²) < 4.78 is 0. The van der Waals surface area contributed by atoms with E-state index in [1.165, 1.54) is 6.92 Å². The van der Waals surface area contributed by atoms with Crippen LogP contribution in [0.5, 0.6) is 0 Å². The number of unbranched alkanes of at least 4 members (excludes halogenated alkanes) is 2. The third kappa shape index (κ3) is 7.23. The second-order valence-corrected chi connectivity index (χ2v) is 5.20. The van der Waals surface area contributed by atoms with Crippen LogP contribution in [0.3, 0.4) is 0 Å². The van der Waals surface area contributed by atoms with E-state index in [4.69, 9.17) is 0 Å². The van der Waals surface area contributed by atoms with Crippen molar-refractivity contribution in [2.24, 2.45) is 5.41 Å². The molecule has 4 heteroatoms. The third-order valence-corrected chi connectivity index (χ3v) is 3.66. The van der Waals surface area contributed by atoms with Crippen molar-refractivity contribution >= 4 is 41.3 Å². The van der Waals surface area contributed by atoms with Crippen molar-refractivity contribution < 1.29 is 14.4 Å². The maximum atomic E-state index is 12.0. The Morgan fingerprint density at radius 2 is 1.32 bits per heavy atom. The molecule has 0 N–H and O–H groups in total. The molecular weight excluding hydrogens is 347 g/mol. The van der Waals surface area contributed by atoms with E-state index in [1.807, 2.05) is 0 Å². The molecule has 0 heterocycles. The maximum absolute atomic E-state index is 12.0. The van der Waals surface area contributed by atoms with Crippen molar-refractivity contribution in [3.63, 3.8) is 0 Å². The first-order chi connectivity index (χ1) is 8.39. The van der Waals surface area contributed by atoms with E-state index in [9.17, 15) is 14.4 Å². The van der Waals surface area contributed by atoms with E-state index < -0.39 is 17.0 Å². The van der Waals surface area contributed by atoms with Gasteiger partial charge in [0.2, 0.25) is 0 Å². The van der Waals surface area contributed by atoms with Crippen molar-refractivity contribution in [3.8, 4) is 0 Å². The molecule has 110 valence electrons. The summed E-state index contributed by atoms with van der Waals surface area (Å²) in [4.78, 5) is 34.8. The standard InChI is InChI=1S/C15H26O3.Sn.2H/c1-5-7-9-15(13(4)17,10-8-6-2)11-14(18)12(3)16;;;/h5-11H2,1-4H3;;;. The normalized spacial score (nSPS) is 10.7. The van der Waals surface area contributed by atoms with Crippen LogP contribution in [0.25, 0.3) is 0 Å². The number of ketones is 3. The zero-order valence-electron chi connectivity index (χ0n) is 12.9. The average Bonchev–Trinajstić information content (AvgIpc) is 2.32. The molecule has 0 aliphatic heterocycles. The van der Waals surface area contributed by atoms with Gasteiger partial charge in [0.25, 0.3) is 0 Å². The van der Waals surface area contributed by atoms with Crippen molar-refractivity contribution in [3.05, 3.63) is 0 Å². The Morgan fingerprint density at radius 1 is 0.895 bits per heavy atom. The fourth-order valence-corrected chi connectivity index (χ4v) is 2.24. The summed E-state index contributed by atoms with van der Waals surface area (Å²) in [6, 6.07) is 0. The number of hydrogen-bond acceptors (Lipinski definition) is 3. The van der Waals surface area contributed by atoms with Crippen LogP contribution in [-0.4, -0.2) is 41.3 Å². The molecule has 0 aromatic rings. The Morgan fingerprint density at radius 3 is 1.58 bits per heavy atom. The fraction of sp³-hybridized carbons (Fsp3) is 0.800. The van der Waals surface area contributed by atoms with Gasteiger partial charge >= 0.3 is 23.9 Å². The van der Waals surface area contributed by atoms with Gasteiger partial charge in [-0.2, -0.15) is 0 Å². The molecule has 0 fully saturated rings. The molecule has 0 saturated carbocycles. The molecule has 0 aliphatic carbocycles. The SMILES string of the molecule is CCCCC(CCCC)(CC(=O)C(C)=O)C(C)=O.[SnH2]. The van der Waals surface area contributed by atoms with Gasteiger partial charge in [0.05, 0.1) is 0 Å². The topological polar surface area (TPSA) is 51.2 Å². The van der Waals surface area contributed by atoms with Gasteiger partial charge in [0.1, 0.15) is 5.78 Å². The van der Waals surface area contributed by atoms with Crippen LogP contribution in [0.4, 0.5) is 0 Å². The molecule has 2 radical (unpaired) electrons. The fourth-order valence-electron chi connectivity index (χ4n) is 2.24. The average molecular weight is 375 g/mol. The molecule has 0 spiro atoms. The van der Waals surface area contributed by atoms with Gasteiger partial charge < -0.3 is 0 Å². The van der Waals surface area contributed by atoms with Crippen LogP contribution in [0, 0.1) is 5.41 Å². The van der Waals surface area contributed by atoms with Crippen molar-refractivity contribution in [1.82, 2.24) is 0 Å². The first kappa shape index (κ1) is 21.1. The van der Waals surface area contributed by atoms with Gasteiger partial charge in [0, 0.05) is 18.8 Å². The minimum atomic E-state index is -0.602. The first-order valence-corrected chi connectivity index (χ1v) is 6.94. The summed E-state index contributed by atoms with van der Waals surface area (Å²) in [6.45, 7) is 6.97. The van der Waals surface area contributed by atoms with Crippen molar-refractivity contribution in [2.45, 2.75) is 72.6 Å². The molecule has 3 nitrogen and oxygen atoms in total. The van der Waals surface area contributed by atoms with Crippen LogP contribution in [0.15, 0.2) is 0 Å². The second kappa shape index (κ2) is 10.6. The zero-order chi connectivity index (χ0) is 14.2. The third-order valence-electron chi connectivity index (χ3n) is 3.66. The zero-order valence-corrected chi connectivity index (χ0v) is 16.9. The monoisotopic (exact) mass is 376 g/mol. The van der Waals surface area contributed by atoms with E-state index in [1.54, 1.807) is 6.92 Å². The molecule has 0 saturated heterocycles. The predicted molar refractivity (Wildman–Crippen MR) is 81.0 cm³/mol. The van der Waals surface area contributed by atoms with Crippen LogP contribution in [0.1, 0.15) is 72.6 Å². The molecule has 0 aliphatic rings. The van der Waals surface area contributed by atoms with Gasteiger partial charge in [-0.25, -0.2) is 0 Å². The summed E-state index contributed by atoms with van der Waals surface area (Å²) in [5.41, 5.74) is -0.602. The Kier molecular flexibility index (Phi) is 11.8. The predicted octanol–water partition coefficient (Wildman–Crippen LogP) is 2.57. The second-order valence-electron chi connectivity index (χ2n) is 5.20. The molecule has 0 rings (SSSR count). The molecule has 0 aromatic heterocycles.